The summed E-state index contributed by atoms with van der Waals surface area (Å²) in [6.45, 7) is 2.66. The van der Waals surface area contributed by atoms with Gasteiger partial charge in [-0.1, -0.05) is 97.9 Å². The van der Waals surface area contributed by atoms with Crippen molar-refractivity contribution in [3.8, 4) is 0 Å². The highest BCUT2D eigenvalue weighted by atomic mass is 16.5. The zero-order chi connectivity index (χ0) is 20.3. The van der Waals surface area contributed by atoms with Gasteiger partial charge in [0, 0.05) is 0 Å². The first-order chi connectivity index (χ1) is 14.3. The standard InChI is InChI=1S/C25H27NO3/c1-2-23(26-25(27)29-18-20-12-6-3-7-13-20)19-28-24(21-14-8-4-9-15-21)22-16-10-5-11-17-22/h3-17,23-24H,2,18-19H2,1H3,(H,26,27). The summed E-state index contributed by atoms with van der Waals surface area (Å²) in [6.07, 6.45) is 0.130. The molecule has 3 aromatic carbocycles. The van der Waals surface area contributed by atoms with E-state index in [0.29, 0.717) is 6.61 Å². The Hall–Kier alpha value is -3.11. The van der Waals surface area contributed by atoms with Crippen molar-refractivity contribution in [2.45, 2.75) is 32.1 Å². The van der Waals surface area contributed by atoms with E-state index >= 15 is 0 Å². The van der Waals surface area contributed by atoms with E-state index in [0.717, 1.165) is 23.1 Å². The molecule has 29 heavy (non-hydrogen) atoms. The molecular formula is C25H27NO3. The maximum atomic E-state index is 12.2. The first-order valence-electron chi connectivity index (χ1n) is 9.95. The Kier molecular flexibility index (Phi) is 7.84. The van der Waals surface area contributed by atoms with E-state index in [2.05, 4.69) is 29.6 Å². The predicted octanol–water partition coefficient (Wildman–Crippen LogP) is 5.50. The van der Waals surface area contributed by atoms with Crippen molar-refractivity contribution in [3.63, 3.8) is 0 Å². The van der Waals surface area contributed by atoms with Crippen LogP contribution in [-0.2, 0) is 16.1 Å². The van der Waals surface area contributed by atoms with Crippen molar-refractivity contribution in [2.24, 2.45) is 0 Å². The number of hydrogen-bond acceptors (Lipinski definition) is 3. The van der Waals surface area contributed by atoms with Gasteiger partial charge in [0.15, 0.2) is 0 Å². The maximum absolute atomic E-state index is 12.2. The molecule has 1 atom stereocenters. The van der Waals surface area contributed by atoms with E-state index in [1.165, 1.54) is 0 Å². The quantitative estimate of drug-likeness (QED) is 0.526. The highest BCUT2D eigenvalue weighted by Gasteiger charge is 2.18. The molecule has 1 unspecified atom stereocenters. The Morgan fingerprint density at radius 2 is 1.34 bits per heavy atom. The summed E-state index contributed by atoms with van der Waals surface area (Å²) in [4.78, 5) is 12.2. The first kappa shape index (κ1) is 20.6. The van der Waals surface area contributed by atoms with Gasteiger partial charge in [0.2, 0.25) is 0 Å². The molecule has 0 radical (unpaired) electrons. The van der Waals surface area contributed by atoms with Crippen LogP contribution in [0, 0.1) is 0 Å². The van der Waals surface area contributed by atoms with Gasteiger partial charge in [-0.3, -0.25) is 0 Å². The lowest BCUT2D eigenvalue weighted by atomic mass is 10.0. The van der Waals surface area contributed by atoms with Crippen molar-refractivity contribution in [3.05, 3.63) is 108 Å². The van der Waals surface area contributed by atoms with Crippen LogP contribution in [-0.4, -0.2) is 18.7 Å². The van der Waals surface area contributed by atoms with Gasteiger partial charge in [-0.25, -0.2) is 4.79 Å². The minimum absolute atomic E-state index is 0.131. The molecule has 4 heteroatoms. The molecule has 1 N–H and O–H groups in total. The molecule has 0 aromatic heterocycles. The van der Waals surface area contributed by atoms with Gasteiger partial charge in [-0.2, -0.15) is 0 Å². The van der Waals surface area contributed by atoms with Crippen LogP contribution in [0.3, 0.4) is 0 Å². The summed E-state index contributed by atoms with van der Waals surface area (Å²) in [5.74, 6) is 0. The van der Waals surface area contributed by atoms with E-state index in [-0.39, 0.29) is 18.8 Å². The van der Waals surface area contributed by atoms with E-state index in [4.69, 9.17) is 9.47 Å². The van der Waals surface area contributed by atoms with E-state index < -0.39 is 6.09 Å². The van der Waals surface area contributed by atoms with Gasteiger partial charge in [0.1, 0.15) is 12.7 Å². The van der Waals surface area contributed by atoms with Crippen LogP contribution in [0.25, 0.3) is 0 Å². The number of ether oxygens (including phenoxy) is 2. The Morgan fingerprint density at radius 3 is 1.86 bits per heavy atom. The lowest BCUT2D eigenvalue weighted by Crippen LogP contribution is -2.38. The number of amides is 1. The second kappa shape index (κ2) is 11.0. The fraction of sp³-hybridized carbons (Fsp3) is 0.240. The van der Waals surface area contributed by atoms with Crippen LogP contribution >= 0.6 is 0 Å². The molecule has 0 aliphatic heterocycles. The zero-order valence-electron chi connectivity index (χ0n) is 16.7. The number of benzene rings is 3. The van der Waals surface area contributed by atoms with Crippen LogP contribution in [0.2, 0.25) is 0 Å². The van der Waals surface area contributed by atoms with Crippen molar-refractivity contribution < 1.29 is 14.3 Å². The van der Waals surface area contributed by atoms with Gasteiger partial charge in [-0.05, 0) is 23.1 Å². The molecule has 0 spiro atoms. The maximum Gasteiger partial charge on any atom is 0.407 e. The molecule has 0 heterocycles. The molecule has 1 amide bonds. The van der Waals surface area contributed by atoms with Crippen LogP contribution in [0.1, 0.15) is 36.1 Å². The highest BCUT2D eigenvalue weighted by molar-refractivity contribution is 5.67. The summed E-state index contributed by atoms with van der Waals surface area (Å²) in [5, 5.41) is 2.91. The molecule has 4 nitrogen and oxygen atoms in total. The van der Waals surface area contributed by atoms with Crippen LogP contribution in [0.4, 0.5) is 4.79 Å². The summed E-state index contributed by atoms with van der Waals surface area (Å²) in [6, 6.07) is 29.7. The Morgan fingerprint density at radius 1 is 0.828 bits per heavy atom. The Balaban J connectivity index is 1.57. The normalized spacial score (nSPS) is 11.8. The third kappa shape index (κ3) is 6.47. The molecular weight excluding hydrogens is 362 g/mol. The topological polar surface area (TPSA) is 47.6 Å². The number of hydrogen-bond donors (Lipinski definition) is 1. The van der Waals surface area contributed by atoms with Gasteiger partial charge >= 0.3 is 6.09 Å². The van der Waals surface area contributed by atoms with Gasteiger partial charge in [-0.15, -0.1) is 0 Å². The van der Waals surface area contributed by atoms with Gasteiger partial charge in [0.05, 0.1) is 12.6 Å². The van der Waals surface area contributed by atoms with E-state index in [1.54, 1.807) is 0 Å². The summed E-state index contributed by atoms with van der Waals surface area (Å²) in [7, 11) is 0. The Labute approximate surface area is 172 Å². The number of nitrogens with one attached hydrogen (secondary N) is 1. The van der Waals surface area contributed by atoms with E-state index in [9.17, 15) is 4.79 Å². The zero-order valence-corrected chi connectivity index (χ0v) is 16.7. The fourth-order valence-corrected chi connectivity index (χ4v) is 3.05. The van der Waals surface area contributed by atoms with E-state index in [1.807, 2.05) is 73.7 Å². The van der Waals surface area contributed by atoms with Crippen molar-refractivity contribution in [2.75, 3.05) is 6.61 Å². The number of rotatable bonds is 9. The minimum atomic E-state index is -0.430. The smallest absolute Gasteiger partial charge is 0.407 e. The molecule has 3 rings (SSSR count). The van der Waals surface area contributed by atoms with Crippen LogP contribution in [0.15, 0.2) is 91.0 Å². The van der Waals surface area contributed by atoms with Gasteiger partial charge < -0.3 is 14.8 Å². The van der Waals surface area contributed by atoms with Crippen molar-refractivity contribution in [1.29, 1.82) is 0 Å². The SMILES string of the molecule is CCC(COC(c1ccccc1)c1ccccc1)NC(=O)OCc1ccccc1. The molecule has 150 valence electrons. The van der Waals surface area contributed by atoms with Crippen molar-refractivity contribution in [1.82, 2.24) is 5.32 Å². The molecule has 0 saturated heterocycles. The Bertz CT molecular complexity index is 814. The molecule has 0 aliphatic rings. The lowest BCUT2D eigenvalue weighted by Gasteiger charge is -2.23. The minimum Gasteiger partial charge on any atom is -0.445 e. The summed E-state index contributed by atoms with van der Waals surface area (Å²) < 4.78 is 11.6. The lowest BCUT2D eigenvalue weighted by molar-refractivity contribution is 0.0578. The van der Waals surface area contributed by atoms with Crippen LogP contribution < -0.4 is 5.32 Å². The highest BCUT2D eigenvalue weighted by Crippen LogP contribution is 2.26. The first-order valence-corrected chi connectivity index (χ1v) is 9.95. The number of carbonyl (C=O) groups excluding carboxylic acids is 1. The summed E-state index contributed by atoms with van der Waals surface area (Å²) >= 11 is 0. The summed E-state index contributed by atoms with van der Waals surface area (Å²) in [5.41, 5.74) is 3.13. The second-order valence-electron chi connectivity index (χ2n) is 6.85. The molecule has 0 aliphatic carbocycles. The van der Waals surface area contributed by atoms with Crippen molar-refractivity contribution >= 4 is 6.09 Å². The molecule has 0 fully saturated rings. The van der Waals surface area contributed by atoms with Crippen LogP contribution in [0.5, 0.6) is 0 Å². The number of alkyl carbamates (subject to hydrolysis) is 1. The third-order valence-corrected chi connectivity index (χ3v) is 4.70. The average molecular weight is 389 g/mol. The molecule has 3 aromatic rings. The van der Waals surface area contributed by atoms with Gasteiger partial charge in [0.25, 0.3) is 0 Å². The number of carbonyl (C=O) groups is 1. The second-order valence-corrected chi connectivity index (χ2v) is 6.85. The molecule has 0 saturated carbocycles. The predicted molar refractivity (Wildman–Crippen MR) is 115 cm³/mol. The fourth-order valence-electron chi connectivity index (χ4n) is 3.05. The molecule has 0 bridgehead atoms. The third-order valence-electron chi connectivity index (χ3n) is 4.70. The average Bonchev–Trinajstić information content (AvgIpc) is 2.79. The largest absolute Gasteiger partial charge is 0.445 e. The monoisotopic (exact) mass is 389 g/mol.